The van der Waals surface area contributed by atoms with Gasteiger partial charge in [0.2, 0.25) is 0 Å². The summed E-state index contributed by atoms with van der Waals surface area (Å²) in [6.45, 7) is 0. The number of aromatic nitrogens is 8. The molecule has 88 heavy (non-hydrogen) atoms. The number of nitrogens with zero attached hydrogens (tertiary/aromatic N) is 8. The van der Waals surface area contributed by atoms with Crippen molar-refractivity contribution < 1.29 is 79.2 Å². The van der Waals surface area contributed by atoms with Crippen LogP contribution in [-0.4, -0.2) is 128 Å². The first kappa shape index (κ1) is 66.7. The summed E-state index contributed by atoms with van der Waals surface area (Å²) < 4.78 is 0. The molecule has 24 nitrogen and oxygen atoms in total. The Morgan fingerprint density at radius 1 is 0.193 bits per heavy atom. The summed E-state index contributed by atoms with van der Waals surface area (Å²) in [5, 5.41) is 69.2. The summed E-state index contributed by atoms with van der Waals surface area (Å²) in [4.78, 5) is 117. The lowest BCUT2D eigenvalue weighted by molar-refractivity contribution is -0.191. The van der Waals surface area contributed by atoms with E-state index in [9.17, 15) is 38.4 Å². The van der Waals surface area contributed by atoms with Crippen LogP contribution in [0.5, 0.6) is 0 Å². The van der Waals surface area contributed by atoms with Crippen LogP contribution in [0, 0.1) is 47.3 Å². The summed E-state index contributed by atoms with van der Waals surface area (Å²) in [5.74, 6) is -26.5. The monoisotopic (exact) mass is 1190 g/mol. The molecule has 8 heterocycles. The average Bonchev–Trinajstić information content (AvgIpc) is 0.887. The fourth-order valence-electron chi connectivity index (χ4n) is 8.52. The summed E-state index contributed by atoms with van der Waals surface area (Å²) in [5.41, 5.74) is 9.20. The summed E-state index contributed by atoms with van der Waals surface area (Å²) in [6, 6.07) is 31.5. The van der Waals surface area contributed by atoms with Crippen LogP contribution >= 0.6 is 0 Å². The molecule has 0 aromatic carbocycles. The van der Waals surface area contributed by atoms with Crippen molar-refractivity contribution in [1.29, 1.82) is 0 Å². The molecule has 0 aliphatic heterocycles. The highest BCUT2D eigenvalue weighted by molar-refractivity contribution is 5.97. The smallest absolute Gasteiger partial charge is 0.308 e. The van der Waals surface area contributed by atoms with Crippen molar-refractivity contribution in [3.8, 4) is 0 Å². The van der Waals surface area contributed by atoms with Gasteiger partial charge in [0.1, 0.15) is 0 Å². The normalized spacial score (nSPS) is 18.5. The van der Waals surface area contributed by atoms with Crippen LogP contribution in [0.25, 0.3) is 48.6 Å². The van der Waals surface area contributed by atoms with Crippen LogP contribution in [0.15, 0.2) is 196 Å². The van der Waals surface area contributed by atoms with E-state index in [1.165, 1.54) is 0 Å². The molecule has 8 N–H and O–H groups in total. The van der Waals surface area contributed by atoms with Crippen LogP contribution in [-0.2, 0) is 38.4 Å². The average molecular weight is 1190 g/mol. The second kappa shape index (κ2) is 35.1. The van der Waals surface area contributed by atoms with E-state index in [4.69, 9.17) is 40.9 Å². The summed E-state index contributed by atoms with van der Waals surface area (Å²) >= 11 is 0. The lowest BCUT2D eigenvalue weighted by Gasteiger charge is -2.42. The van der Waals surface area contributed by atoms with E-state index in [1.807, 2.05) is 97.1 Å². The molecule has 8 aromatic rings. The molecule has 0 atom stereocenters. The van der Waals surface area contributed by atoms with Crippen LogP contribution in [0.4, 0.5) is 0 Å². The molecule has 10 rings (SSSR count). The largest absolute Gasteiger partial charge is 0.481 e. The topological polar surface area (TPSA) is 402 Å². The highest BCUT2D eigenvalue weighted by atomic mass is 16.4. The molecule has 2 aliphatic rings. The van der Waals surface area contributed by atoms with Gasteiger partial charge in [0.05, 0.1) is 47.3 Å². The van der Waals surface area contributed by atoms with Crippen molar-refractivity contribution in [1.82, 2.24) is 39.9 Å². The molecule has 0 spiro atoms. The number of rotatable bonds is 16. The molecule has 0 amide bonds. The SMILES string of the molecule is C(=C\c1ccncc1)/c1ccncc1.C(=C\c1ccncc1)/c1ccncc1.C(=C\c1ccncc1)/c1ccncc1.C(=C\c1ccncc1)/c1ccncc1.O=C(O)C1C(C(=O)O)C(C(=O)O)C1C(=O)O.O=C(O)C1C(C(=O)O)C(C(=O)O)C1C(=O)O. The third-order valence-electron chi connectivity index (χ3n) is 12.9. The maximum Gasteiger partial charge on any atom is 0.308 e. The van der Waals surface area contributed by atoms with Gasteiger partial charge in [-0.3, -0.25) is 78.2 Å². The van der Waals surface area contributed by atoms with E-state index in [1.54, 1.807) is 99.1 Å². The van der Waals surface area contributed by atoms with E-state index in [0.717, 1.165) is 44.5 Å². The Kier molecular flexibility index (Phi) is 26.6. The van der Waals surface area contributed by atoms with Gasteiger partial charge in [-0.15, -0.1) is 0 Å². The Hall–Kier alpha value is -12.1. The van der Waals surface area contributed by atoms with E-state index >= 15 is 0 Å². The first-order valence-electron chi connectivity index (χ1n) is 26.1. The second-order valence-corrected chi connectivity index (χ2v) is 18.5. The molecule has 24 heteroatoms. The van der Waals surface area contributed by atoms with Gasteiger partial charge < -0.3 is 40.9 Å². The molecular formula is C64H56N8O16. The summed E-state index contributed by atoms with van der Waals surface area (Å²) in [7, 11) is 0. The third kappa shape index (κ3) is 21.3. The fourth-order valence-corrected chi connectivity index (χ4v) is 8.52. The first-order chi connectivity index (χ1) is 42.4. The van der Waals surface area contributed by atoms with E-state index in [2.05, 4.69) is 88.5 Å². The van der Waals surface area contributed by atoms with Crippen molar-refractivity contribution in [3.05, 3.63) is 241 Å². The fraction of sp³-hybridized carbons (Fsp3) is 0.125. The van der Waals surface area contributed by atoms with Gasteiger partial charge in [-0.1, -0.05) is 48.6 Å². The van der Waals surface area contributed by atoms with E-state index < -0.39 is 95.1 Å². The minimum Gasteiger partial charge on any atom is -0.481 e. The number of hydrogen-bond donors (Lipinski definition) is 8. The van der Waals surface area contributed by atoms with Crippen LogP contribution in [0.2, 0.25) is 0 Å². The molecule has 8 aromatic heterocycles. The molecule has 0 unspecified atom stereocenters. The van der Waals surface area contributed by atoms with Gasteiger partial charge in [-0.2, -0.15) is 0 Å². The van der Waals surface area contributed by atoms with Crippen LogP contribution in [0.1, 0.15) is 44.5 Å². The zero-order chi connectivity index (χ0) is 63.8. The van der Waals surface area contributed by atoms with Crippen molar-refractivity contribution in [2.45, 2.75) is 0 Å². The Labute approximate surface area is 501 Å². The standard InChI is InChI=1S/4C12H10N2.2C8H8O8/c4*1(11-3-7-13-8-4-11)2-12-5-9-14-10-6-12;2*9-5(10)1-2(6(11)12)4(8(15)16)3(1)7(13)14/h4*1-10H;2*1-4H,(H,9,10)(H,11,12)(H,13,14)(H,15,16)/b4*2-1+;;. The van der Waals surface area contributed by atoms with Crippen LogP contribution < -0.4 is 0 Å². The minimum absolute atomic E-state index is 1.15. The number of carboxylic acids is 8. The second-order valence-electron chi connectivity index (χ2n) is 18.5. The Morgan fingerprint density at radius 3 is 0.341 bits per heavy atom. The molecular weight excluding hydrogens is 1140 g/mol. The Bertz CT molecular complexity index is 2910. The number of carbonyl (C=O) groups is 8. The maximum atomic E-state index is 10.7. The molecule has 0 radical (unpaired) electrons. The molecule has 0 bridgehead atoms. The van der Waals surface area contributed by atoms with Crippen molar-refractivity contribution in [2.75, 3.05) is 0 Å². The van der Waals surface area contributed by atoms with Crippen molar-refractivity contribution >= 4 is 96.4 Å². The molecule has 0 saturated heterocycles. The predicted octanol–water partition coefficient (Wildman–Crippen LogP) is 8.19. The zero-order valence-electron chi connectivity index (χ0n) is 46.1. The number of pyridine rings is 8. The van der Waals surface area contributed by atoms with Gasteiger partial charge in [0.15, 0.2) is 0 Å². The Balaban J connectivity index is 0.000000192. The number of carboxylic acid groups (broad SMARTS) is 8. The van der Waals surface area contributed by atoms with Gasteiger partial charge in [-0.05, 0) is 142 Å². The quantitative estimate of drug-likeness (QED) is 0.0451. The van der Waals surface area contributed by atoms with E-state index in [-0.39, 0.29) is 0 Å². The lowest BCUT2D eigenvalue weighted by Crippen LogP contribution is -2.59. The van der Waals surface area contributed by atoms with Crippen molar-refractivity contribution in [2.24, 2.45) is 47.3 Å². The zero-order valence-corrected chi connectivity index (χ0v) is 46.1. The number of aliphatic carboxylic acids is 8. The maximum absolute atomic E-state index is 10.7. The minimum atomic E-state index is -1.70. The third-order valence-corrected chi connectivity index (χ3v) is 12.9. The van der Waals surface area contributed by atoms with Crippen LogP contribution in [0.3, 0.4) is 0 Å². The molecule has 2 fully saturated rings. The predicted molar refractivity (Wildman–Crippen MR) is 319 cm³/mol. The molecule has 448 valence electrons. The van der Waals surface area contributed by atoms with Gasteiger partial charge >= 0.3 is 47.8 Å². The molecule has 2 saturated carbocycles. The van der Waals surface area contributed by atoms with E-state index in [0.29, 0.717) is 0 Å². The highest BCUT2D eigenvalue weighted by Gasteiger charge is 2.65. The molecule has 2 aliphatic carbocycles. The summed E-state index contributed by atoms with van der Waals surface area (Å²) in [6.07, 6.45) is 45.0. The van der Waals surface area contributed by atoms with Gasteiger partial charge in [0.25, 0.3) is 0 Å². The lowest BCUT2D eigenvalue weighted by atomic mass is 9.56. The van der Waals surface area contributed by atoms with Crippen molar-refractivity contribution in [3.63, 3.8) is 0 Å². The number of hydrogen-bond acceptors (Lipinski definition) is 16. The highest BCUT2D eigenvalue weighted by Crippen LogP contribution is 2.48. The Morgan fingerprint density at radius 2 is 0.273 bits per heavy atom. The van der Waals surface area contributed by atoms with Gasteiger partial charge in [0, 0.05) is 99.1 Å². The van der Waals surface area contributed by atoms with Gasteiger partial charge in [-0.25, -0.2) is 0 Å². The first-order valence-corrected chi connectivity index (χ1v) is 26.1.